The number of hydrogen-bond donors (Lipinski definition) is 0. The molecule has 0 saturated carbocycles. The minimum Gasteiger partial charge on any atom is -0.375 e. The number of pyridine rings is 1. The van der Waals surface area contributed by atoms with Gasteiger partial charge < -0.3 is 9.30 Å². The predicted molar refractivity (Wildman–Crippen MR) is 83.3 cm³/mol. The molecule has 0 bridgehead atoms. The van der Waals surface area contributed by atoms with Gasteiger partial charge in [-0.1, -0.05) is 30.3 Å². The second-order valence-electron chi connectivity index (χ2n) is 4.82. The molecule has 0 amide bonds. The van der Waals surface area contributed by atoms with Crippen LogP contribution < -0.4 is 5.56 Å². The minimum atomic E-state index is -4.59. The van der Waals surface area contributed by atoms with Crippen LogP contribution in [0.4, 0.5) is 13.2 Å². The van der Waals surface area contributed by atoms with Gasteiger partial charge in [-0.3, -0.25) is 4.79 Å². The molecule has 0 spiro atoms. The molecule has 2 rings (SSSR count). The molecule has 1 heterocycles. The lowest BCUT2D eigenvalue weighted by Crippen LogP contribution is -2.25. The van der Waals surface area contributed by atoms with Crippen LogP contribution in [0.5, 0.6) is 0 Å². The number of alkyl halides is 3. The summed E-state index contributed by atoms with van der Waals surface area (Å²) in [5.41, 5.74) is -0.685. The third-order valence-corrected chi connectivity index (χ3v) is 3.73. The second-order valence-corrected chi connectivity index (χ2v) is 5.65. The molecular weight excluding hydrogens is 341 g/mol. The highest BCUT2D eigenvalue weighted by atomic mass is 32.2. The van der Waals surface area contributed by atoms with Crippen LogP contribution in [0.15, 0.2) is 52.3 Å². The van der Waals surface area contributed by atoms with Gasteiger partial charge in [0.05, 0.1) is 23.7 Å². The quantitative estimate of drug-likeness (QED) is 0.451. The number of hydrogen-bond acceptors (Lipinski definition) is 4. The molecule has 0 radical (unpaired) electrons. The standard InChI is InChI=1S/C16H13F3N2O2S/c17-16(18,19)13-8-14(24-11-20)15(22)21(9-13)6-7-23-10-12-4-2-1-3-5-12/h1-5,8-9H,6-7,10H2. The number of rotatable bonds is 6. The van der Waals surface area contributed by atoms with Crippen molar-refractivity contribution in [2.45, 2.75) is 24.2 Å². The Labute approximate surface area is 140 Å². The first-order chi connectivity index (χ1) is 11.4. The van der Waals surface area contributed by atoms with Gasteiger partial charge in [-0.25, -0.2) is 0 Å². The maximum Gasteiger partial charge on any atom is 0.417 e. The lowest BCUT2D eigenvalue weighted by molar-refractivity contribution is -0.138. The van der Waals surface area contributed by atoms with Crippen molar-refractivity contribution in [3.05, 3.63) is 64.1 Å². The Morgan fingerprint density at radius 3 is 2.58 bits per heavy atom. The van der Waals surface area contributed by atoms with Crippen molar-refractivity contribution in [3.8, 4) is 5.40 Å². The maximum atomic E-state index is 12.9. The third-order valence-electron chi connectivity index (χ3n) is 3.12. The smallest absolute Gasteiger partial charge is 0.375 e. The number of benzene rings is 1. The number of ether oxygens (including phenoxy) is 1. The lowest BCUT2D eigenvalue weighted by atomic mass is 10.2. The monoisotopic (exact) mass is 354 g/mol. The molecule has 0 unspecified atom stereocenters. The van der Waals surface area contributed by atoms with Gasteiger partial charge >= 0.3 is 6.18 Å². The Morgan fingerprint density at radius 1 is 1.25 bits per heavy atom. The van der Waals surface area contributed by atoms with Gasteiger partial charge in [0.25, 0.3) is 5.56 Å². The Bertz CT molecular complexity index is 783. The summed E-state index contributed by atoms with van der Waals surface area (Å²) in [6.45, 7) is 0.343. The molecule has 0 aliphatic carbocycles. The molecule has 4 nitrogen and oxygen atoms in total. The zero-order valence-corrected chi connectivity index (χ0v) is 13.2. The summed E-state index contributed by atoms with van der Waals surface area (Å²) in [5, 5.41) is 10.3. The van der Waals surface area contributed by atoms with Crippen molar-refractivity contribution in [1.82, 2.24) is 4.57 Å². The van der Waals surface area contributed by atoms with Gasteiger partial charge in [-0.2, -0.15) is 18.4 Å². The topological polar surface area (TPSA) is 55.0 Å². The first-order valence-corrected chi connectivity index (χ1v) is 7.73. The fourth-order valence-corrected chi connectivity index (χ4v) is 2.47. The molecule has 2 aromatic rings. The van der Waals surface area contributed by atoms with Crippen LogP contribution in [0.1, 0.15) is 11.1 Å². The van der Waals surface area contributed by atoms with E-state index >= 15 is 0 Å². The SMILES string of the molecule is N#CSc1cc(C(F)(F)F)cn(CCOCc2ccccc2)c1=O. The number of halogens is 3. The molecule has 0 N–H and O–H groups in total. The molecule has 1 aromatic carbocycles. The molecule has 126 valence electrons. The second kappa shape index (κ2) is 8.04. The number of aromatic nitrogens is 1. The van der Waals surface area contributed by atoms with Crippen LogP contribution in [0.25, 0.3) is 0 Å². The van der Waals surface area contributed by atoms with Crippen LogP contribution in [-0.2, 0) is 24.1 Å². The van der Waals surface area contributed by atoms with Gasteiger partial charge in [-0.15, -0.1) is 0 Å². The summed E-state index contributed by atoms with van der Waals surface area (Å²) >= 11 is 0.414. The van der Waals surface area contributed by atoms with Gasteiger partial charge in [0.2, 0.25) is 0 Å². The summed E-state index contributed by atoms with van der Waals surface area (Å²) in [6.07, 6.45) is -3.85. The van der Waals surface area contributed by atoms with E-state index in [0.29, 0.717) is 24.4 Å². The van der Waals surface area contributed by atoms with Gasteiger partial charge in [0, 0.05) is 12.7 Å². The number of thiocyanates is 1. The molecule has 8 heteroatoms. The Balaban J connectivity index is 2.09. The normalized spacial score (nSPS) is 11.2. The highest BCUT2D eigenvalue weighted by Gasteiger charge is 2.32. The van der Waals surface area contributed by atoms with Crippen molar-refractivity contribution >= 4 is 11.8 Å². The highest BCUT2D eigenvalue weighted by molar-refractivity contribution is 8.03. The first kappa shape index (κ1) is 18.1. The number of nitriles is 1. The highest BCUT2D eigenvalue weighted by Crippen LogP contribution is 2.30. The molecule has 1 aromatic heterocycles. The molecular formula is C16H13F3N2O2S. The third kappa shape index (κ3) is 4.88. The number of thioether (sulfide) groups is 1. The molecule has 24 heavy (non-hydrogen) atoms. The van der Waals surface area contributed by atoms with E-state index < -0.39 is 17.3 Å². The van der Waals surface area contributed by atoms with Crippen LogP contribution in [0, 0.1) is 10.7 Å². The van der Waals surface area contributed by atoms with Crippen molar-refractivity contribution in [3.63, 3.8) is 0 Å². The van der Waals surface area contributed by atoms with E-state index in [-0.39, 0.29) is 18.0 Å². The van der Waals surface area contributed by atoms with Gasteiger partial charge in [0.15, 0.2) is 0 Å². The van der Waals surface area contributed by atoms with Crippen LogP contribution >= 0.6 is 11.8 Å². The maximum absolute atomic E-state index is 12.9. The van der Waals surface area contributed by atoms with E-state index in [9.17, 15) is 18.0 Å². The van der Waals surface area contributed by atoms with Crippen molar-refractivity contribution < 1.29 is 17.9 Å². The summed E-state index contributed by atoms with van der Waals surface area (Å²) in [7, 11) is 0. The van der Waals surface area contributed by atoms with E-state index in [4.69, 9.17) is 10.00 Å². The average Bonchev–Trinajstić information content (AvgIpc) is 2.54. The van der Waals surface area contributed by atoms with E-state index in [0.717, 1.165) is 16.3 Å². The van der Waals surface area contributed by atoms with Crippen LogP contribution in [0.3, 0.4) is 0 Å². The van der Waals surface area contributed by atoms with E-state index in [2.05, 4.69) is 0 Å². The fraction of sp³-hybridized carbons (Fsp3) is 0.250. The lowest BCUT2D eigenvalue weighted by Gasteiger charge is -2.12. The van der Waals surface area contributed by atoms with E-state index in [1.54, 1.807) is 5.40 Å². The largest absolute Gasteiger partial charge is 0.417 e. The summed E-state index contributed by atoms with van der Waals surface area (Å²) < 4.78 is 45.0. The fourth-order valence-electron chi connectivity index (χ4n) is 1.98. The average molecular weight is 354 g/mol. The van der Waals surface area contributed by atoms with Crippen LogP contribution in [-0.4, -0.2) is 11.2 Å². The van der Waals surface area contributed by atoms with Crippen molar-refractivity contribution in [2.75, 3.05) is 6.61 Å². The van der Waals surface area contributed by atoms with E-state index in [1.165, 1.54) is 0 Å². The summed E-state index contributed by atoms with van der Waals surface area (Å²) in [5.74, 6) is 0. The minimum absolute atomic E-state index is 0.0332. The van der Waals surface area contributed by atoms with E-state index in [1.807, 2.05) is 30.3 Å². The van der Waals surface area contributed by atoms with Crippen molar-refractivity contribution in [2.24, 2.45) is 0 Å². The molecule has 0 saturated heterocycles. The summed E-state index contributed by atoms with van der Waals surface area (Å²) in [4.78, 5) is 11.8. The first-order valence-electron chi connectivity index (χ1n) is 6.91. The molecule has 0 aliphatic rings. The number of nitrogens with zero attached hydrogens (tertiary/aromatic N) is 2. The Hall–Kier alpha value is -2.24. The van der Waals surface area contributed by atoms with Crippen molar-refractivity contribution in [1.29, 1.82) is 5.26 Å². The zero-order valence-electron chi connectivity index (χ0n) is 12.4. The van der Waals surface area contributed by atoms with Gasteiger partial charge in [-0.05, 0) is 23.4 Å². The molecule has 0 atom stereocenters. The Kier molecular flexibility index (Phi) is 6.06. The summed E-state index contributed by atoms with van der Waals surface area (Å²) in [6, 6.07) is 9.97. The molecule has 0 aliphatic heterocycles. The molecule has 0 fully saturated rings. The van der Waals surface area contributed by atoms with Gasteiger partial charge in [0.1, 0.15) is 5.40 Å². The van der Waals surface area contributed by atoms with Crippen LogP contribution in [0.2, 0.25) is 0 Å². The Morgan fingerprint density at radius 2 is 1.96 bits per heavy atom. The predicted octanol–water partition coefficient (Wildman–Crippen LogP) is 3.66. The zero-order chi connectivity index (χ0) is 17.6.